The number of nitriles is 1. The van der Waals surface area contributed by atoms with Crippen LogP contribution in [-0.4, -0.2) is 17.2 Å². The van der Waals surface area contributed by atoms with Gasteiger partial charge in [0.25, 0.3) is 0 Å². The number of hydrogen-bond donors (Lipinski definition) is 1. The predicted molar refractivity (Wildman–Crippen MR) is 79.2 cm³/mol. The highest BCUT2D eigenvalue weighted by Crippen LogP contribution is 2.26. The van der Waals surface area contributed by atoms with Crippen molar-refractivity contribution in [3.8, 4) is 6.07 Å². The van der Waals surface area contributed by atoms with E-state index in [-0.39, 0.29) is 17.6 Å². The van der Waals surface area contributed by atoms with Gasteiger partial charge in [0.2, 0.25) is 5.91 Å². The number of halogens is 1. The normalized spacial score (nSPS) is 13.7. The molecule has 0 saturated heterocycles. The first-order valence-electron chi connectivity index (χ1n) is 5.98. The standard InChI is InChI=1S/C14H17ClN2OS/c1-10(2)14(3,9-16)17-13(18)8-19-12-7-5-4-6-11(12)15/h4-7,10H,8H2,1-3H3,(H,17,18). The number of nitrogens with zero attached hydrogens (tertiary/aromatic N) is 1. The molecule has 0 aromatic heterocycles. The third-order valence-corrected chi connectivity index (χ3v) is 4.50. The molecule has 1 atom stereocenters. The van der Waals surface area contributed by atoms with E-state index in [0.717, 1.165) is 4.90 Å². The highest BCUT2D eigenvalue weighted by molar-refractivity contribution is 8.00. The summed E-state index contributed by atoms with van der Waals surface area (Å²) in [5.74, 6) is 0.128. The van der Waals surface area contributed by atoms with E-state index < -0.39 is 5.54 Å². The molecule has 0 aliphatic heterocycles. The molecule has 0 radical (unpaired) electrons. The summed E-state index contributed by atoms with van der Waals surface area (Å²) in [6.45, 7) is 5.55. The summed E-state index contributed by atoms with van der Waals surface area (Å²) in [6.07, 6.45) is 0. The molecule has 1 aromatic rings. The van der Waals surface area contributed by atoms with Gasteiger partial charge in [-0.1, -0.05) is 37.6 Å². The van der Waals surface area contributed by atoms with Gasteiger partial charge in [0, 0.05) is 4.90 Å². The Hall–Kier alpha value is -1.18. The zero-order chi connectivity index (χ0) is 14.5. The van der Waals surface area contributed by atoms with Crippen LogP contribution in [0.4, 0.5) is 0 Å². The zero-order valence-electron chi connectivity index (χ0n) is 11.2. The molecule has 19 heavy (non-hydrogen) atoms. The van der Waals surface area contributed by atoms with Gasteiger partial charge < -0.3 is 5.32 Å². The van der Waals surface area contributed by atoms with Crippen LogP contribution in [0.1, 0.15) is 20.8 Å². The lowest BCUT2D eigenvalue weighted by Gasteiger charge is -2.27. The minimum atomic E-state index is -0.835. The smallest absolute Gasteiger partial charge is 0.231 e. The van der Waals surface area contributed by atoms with Gasteiger partial charge in [-0.15, -0.1) is 11.8 Å². The van der Waals surface area contributed by atoms with Gasteiger partial charge in [-0.25, -0.2) is 0 Å². The summed E-state index contributed by atoms with van der Waals surface area (Å²) in [7, 11) is 0. The molecular weight excluding hydrogens is 280 g/mol. The van der Waals surface area contributed by atoms with Crippen molar-refractivity contribution in [3.05, 3.63) is 29.3 Å². The number of benzene rings is 1. The molecule has 0 bridgehead atoms. The number of thioether (sulfide) groups is 1. The fourth-order valence-electron chi connectivity index (χ4n) is 1.33. The van der Waals surface area contributed by atoms with Crippen LogP contribution in [0.25, 0.3) is 0 Å². The highest BCUT2D eigenvalue weighted by Gasteiger charge is 2.29. The molecule has 0 fully saturated rings. The summed E-state index contributed by atoms with van der Waals surface area (Å²) in [5, 5.41) is 12.5. The largest absolute Gasteiger partial charge is 0.337 e. The van der Waals surface area contributed by atoms with Crippen molar-refractivity contribution in [2.45, 2.75) is 31.2 Å². The second-order valence-electron chi connectivity index (χ2n) is 4.74. The van der Waals surface area contributed by atoms with Crippen molar-refractivity contribution in [1.82, 2.24) is 5.32 Å². The molecular formula is C14H17ClN2OS. The molecule has 0 aliphatic carbocycles. The Balaban J connectivity index is 2.58. The van der Waals surface area contributed by atoms with Crippen molar-refractivity contribution in [2.24, 2.45) is 5.92 Å². The first-order valence-corrected chi connectivity index (χ1v) is 7.35. The van der Waals surface area contributed by atoms with E-state index in [1.165, 1.54) is 11.8 Å². The second kappa shape index (κ2) is 6.83. The number of amides is 1. The lowest BCUT2D eigenvalue weighted by atomic mass is 9.90. The molecule has 0 saturated carbocycles. The fourth-order valence-corrected chi connectivity index (χ4v) is 2.37. The molecule has 1 N–H and O–H groups in total. The van der Waals surface area contributed by atoms with Crippen LogP contribution in [0.15, 0.2) is 29.2 Å². The lowest BCUT2D eigenvalue weighted by molar-refractivity contribution is -0.120. The predicted octanol–water partition coefficient (Wildman–Crippen LogP) is 3.49. The van der Waals surface area contributed by atoms with Crippen molar-refractivity contribution in [3.63, 3.8) is 0 Å². The molecule has 1 amide bonds. The van der Waals surface area contributed by atoms with Gasteiger partial charge >= 0.3 is 0 Å². The molecule has 102 valence electrons. The molecule has 1 rings (SSSR count). The molecule has 3 nitrogen and oxygen atoms in total. The van der Waals surface area contributed by atoms with Crippen molar-refractivity contribution >= 4 is 29.3 Å². The Labute approximate surface area is 123 Å². The Bertz CT molecular complexity index is 498. The Morgan fingerprint density at radius 3 is 2.68 bits per heavy atom. The minimum Gasteiger partial charge on any atom is -0.337 e. The number of hydrogen-bond acceptors (Lipinski definition) is 3. The quantitative estimate of drug-likeness (QED) is 0.846. The lowest BCUT2D eigenvalue weighted by Crippen LogP contribution is -2.49. The highest BCUT2D eigenvalue weighted by atomic mass is 35.5. The zero-order valence-corrected chi connectivity index (χ0v) is 12.8. The first kappa shape index (κ1) is 15.9. The number of rotatable bonds is 5. The van der Waals surface area contributed by atoms with E-state index in [2.05, 4.69) is 11.4 Å². The third-order valence-electron chi connectivity index (χ3n) is 2.98. The third kappa shape index (κ3) is 4.45. The van der Waals surface area contributed by atoms with Gasteiger partial charge in [-0.05, 0) is 25.0 Å². The number of nitrogens with one attached hydrogen (secondary N) is 1. The molecule has 0 heterocycles. The van der Waals surface area contributed by atoms with E-state index >= 15 is 0 Å². The van der Waals surface area contributed by atoms with E-state index in [1.54, 1.807) is 13.0 Å². The minimum absolute atomic E-state index is 0.0479. The van der Waals surface area contributed by atoms with Crippen molar-refractivity contribution in [1.29, 1.82) is 5.26 Å². The molecule has 5 heteroatoms. The Morgan fingerprint density at radius 1 is 1.53 bits per heavy atom. The van der Waals surface area contributed by atoms with Gasteiger partial charge in [0.15, 0.2) is 0 Å². The molecule has 1 unspecified atom stereocenters. The van der Waals surface area contributed by atoms with Crippen LogP contribution in [-0.2, 0) is 4.79 Å². The Morgan fingerprint density at radius 2 is 2.16 bits per heavy atom. The van der Waals surface area contributed by atoms with Crippen LogP contribution in [0.5, 0.6) is 0 Å². The average molecular weight is 297 g/mol. The second-order valence-corrected chi connectivity index (χ2v) is 6.16. The van der Waals surface area contributed by atoms with Crippen LogP contribution in [0, 0.1) is 17.2 Å². The van der Waals surface area contributed by atoms with Crippen molar-refractivity contribution < 1.29 is 4.79 Å². The van der Waals surface area contributed by atoms with Crippen LogP contribution in [0.2, 0.25) is 5.02 Å². The number of carbonyl (C=O) groups excluding carboxylic acids is 1. The maximum absolute atomic E-state index is 11.9. The molecule has 1 aromatic carbocycles. The topological polar surface area (TPSA) is 52.9 Å². The van der Waals surface area contributed by atoms with E-state index in [1.807, 2.05) is 32.0 Å². The van der Waals surface area contributed by atoms with Crippen LogP contribution in [0.3, 0.4) is 0 Å². The van der Waals surface area contributed by atoms with Gasteiger partial charge in [-0.2, -0.15) is 5.26 Å². The summed E-state index contributed by atoms with van der Waals surface area (Å²) in [6, 6.07) is 9.53. The maximum Gasteiger partial charge on any atom is 0.231 e. The van der Waals surface area contributed by atoms with E-state index in [0.29, 0.717) is 5.02 Å². The first-order chi connectivity index (χ1) is 8.89. The van der Waals surface area contributed by atoms with E-state index in [9.17, 15) is 4.79 Å². The molecule has 0 aliphatic rings. The molecule has 0 spiro atoms. The summed E-state index contributed by atoms with van der Waals surface area (Å²) in [4.78, 5) is 12.7. The number of carbonyl (C=O) groups is 1. The summed E-state index contributed by atoms with van der Waals surface area (Å²) in [5.41, 5.74) is -0.835. The average Bonchev–Trinajstić information content (AvgIpc) is 2.37. The van der Waals surface area contributed by atoms with Gasteiger partial charge in [0.1, 0.15) is 5.54 Å². The Kier molecular flexibility index (Phi) is 5.71. The van der Waals surface area contributed by atoms with Gasteiger partial charge in [0.05, 0.1) is 16.8 Å². The summed E-state index contributed by atoms with van der Waals surface area (Å²) >= 11 is 7.38. The van der Waals surface area contributed by atoms with Crippen molar-refractivity contribution in [2.75, 3.05) is 5.75 Å². The van der Waals surface area contributed by atoms with Crippen LogP contribution >= 0.6 is 23.4 Å². The maximum atomic E-state index is 11.9. The SMILES string of the molecule is CC(C)C(C)(C#N)NC(=O)CSc1ccccc1Cl. The summed E-state index contributed by atoms with van der Waals surface area (Å²) < 4.78 is 0. The van der Waals surface area contributed by atoms with Gasteiger partial charge in [-0.3, -0.25) is 4.79 Å². The monoisotopic (exact) mass is 296 g/mol. The van der Waals surface area contributed by atoms with Crippen LogP contribution < -0.4 is 5.32 Å². The fraction of sp³-hybridized carbons (Fsp3) is 0.429. The van der Waals surface area contributed by atoms with E-state index in [4.69, 9.17) is 16.9 Å².